The van der Waals surface area contributed by atoms with E-state index in [4.69, 9.17) is 0 Å². The summed E-state index contributed by atoms with van der Waals surface area (Å²) in [6.45, 7) is 5.37. The van der Waals surface area contributed by atoms with Crippen molar-refractivity contribution in [3.05, 3.63) is 47.9 Å². The van der Waals surface area contributed by atoms with Crippen molar-refractivity contribution in [2.75, 3.05) is 0 Å². The molecule has 3 aromatic heterocycles. The fourth-order valence-corrected chi connectivity index (χ4v) is 3.00. The molecule has 0 N–H and O–H groups in total. The van der Waals surface area contributed by atoms with Crippen LogP contribution in [0.2, 0.25) is 0 Å². The Labute approximate surface area is 123 Å². The molecule has 0 aliphatic heterocycles. The zero-order chi connectivity index (χ0) is 15.3. The molecule has 21 heavy (non-hydrogen) atoms. The largest absolute Gasteiger partial charge is 0.295 e. The van der Waals surface area contributed by atoms with Gasteiger partial charge in [-0.05, 0) is 26.8 Å². The molecule has 0 bridgehead atoms. The standard InChI is InChI=1S/C13H13N5O2S/c1-6-9(8(3)17(4)15-6)5-10-12(20)18-13(21-10)14-11(19)7(2)16-18/h5H,1-4H3/b10-5-. The lowest BCUT2D eigenvalue weighted by Gasteiger charge is -1.92. The number of hydrogen-bond acceptors (Lipinski definition) is 6. The molecule has 0 atom stereocenters. The van der Waals surface area contributed by atoms with Crippen LogP contribution in [0.5, 0.6) is 0 Å². The molecule has 0 amide bonds. The van der Waals surface area contributed by atoms with Gasteiger partial charge in [0.1, 0.15) is 5.69 Å². The van der Waals surface area contributed by atoms with Crippen LogP contribution in [-0.2, 0) is 7.05 Å². The van der Waals surface area contributed by atoms with Gasteiger partial charge >= 0.3 is 0 Å². The fraction of sp³-hybridized carbons (Fsp3) is 0.308. The molecule has 108 valence electrons. The maximum absolute atomic E-state index is 12.3. The average Bonchev–Trinajstić information content (AvgIpc) is 2.84. The van der Waals surface area contributed by atoms with Gasteiger partial charge in [0.05, 0.1) is 10.2 Å². The molecule has 0 aliphatic carbocycles. The highest BCUT2D eigenvalue weighted by Gasteiger charge is 2.11. The number of nitrogens with zero attached hydrogens (tertiary/aromatic N) is 5. The number of fused-ring (bicyclic) bond motifs is 1. The Morgan fingerprint density at radius 3 is 2.43 bits per heavy atom. The van der Waals surface area contributed by atoms with Gasteiger partial charge in [-0.1, -0.05) is 11.3 Å². The van der Waals surface area contributed by atoms with Crippen LogP contribution in [0.4, 0.5) is 0 Å². The molecule has 0 saturated heterocycles. The topological polar surface area (TPSA) is 82.2 Å². The summed E-state index contributed by atoms with van der Waals surface area (Å²) in [4.78, 5) is 28.0. The van der Waals surface area contributed by atoms with Gasteiger partial charge in [-0.15, -0.1) is 0 Å². The van der Waals surface area contributed by atoms with Crippen molar-refractivity contribution in [1.82, 2.24) is 24.4 Å². The summed E-state index contributed by atoms with van der Waals surface area (Å²) in [7, 11) is 1.85. The van der Waals surface area contributed by atoms with Gasteiger partial charge in [-0.3, -0.25) is 14.3 Å². The minimum Gasteiger partial charge on any atom is -0.272 e. The van der Waals surface area contributed by atoms with E-state index in [1.54, 1.807) is 10.8 Å². The van der Waals surface area contributed by atoms with Gasteiger partial charge in [-0.25, -0.2) is 0 Å². The van der Waals surface area contributed by atoms with E-state index < -0.39 is 5.56 Å². The highest BCUT2D eigenvalue weighted by Crippen LogP contribution is 2.12. The fourth-order valence-electron chi connectivity index (χ4n) is 2.12. The number of hydrogen-bond donors (Lipinski definition) is 0. The highest BCUT2D eigenvalue weighted by molar-refractivity contribution is 7.15. The Hall–Kier alpha value is -2.35. The first-order chi connectivity index (χ1) is 9.88. The molecule has 3 rings (SSSR count). The molecule has 8 heteroatoms. The van der Waals surface area contributed by atoms with Crippen molar-refractivity contribution in [2.45, 2.75) is 20.8 Å². The Balaban J connectivity index is 2.35. The van der Waals surface area contributed by atoms with E-state index in [1.165, 1.54) is 11.4 Å². The molecule has 7 nitrogen and oxygen atoms in total. The molecule has 0 saturated carbocycles. The third-order valence-electron chi connectivity index (χ3n) is 3.38. The van der Waals surface area contributed by atoms with E-state index in [2.05, 4.69) is 15.2 Å². The van der Waals surface area contributed by atoms with E-state index in [0.29, 0.717) is 9.49 Å². The first-order valence-corrected chi connectivity index (χ1v) is 7.12. The molecule has 0 radical (unpaired) electrons. The molecule has 0 fully saturated rings. The lowest BCUT2D eigenvalue weighted by molar-refractivity contribution is 0.731. The van der Waals surface area contributed by atoms with Crippen molar-refractivity contribution >= 4 is 22.4 Å². The Kier molecular flexibility index (Phi) is 2.98. The van der Waals surface area contributed by atoms with Crippen LogP contribution in [0.15, 0.2) is 9.59 Å². The molecule has 0 spiro atoms. The van der Waals surface area contributed by atoms with Crippen LogP contribution in [0.1, 0.15) is 22.6 Å². The predicted octanol–water partition coefficient (Wildman–Crippen LogP) is -0.282. The summed E-state index contributed by atoms with van der Waals surface area (Å²) in [6, 6.07) is 0. The van der Waals surface area contributed by atoms with E-state index >= 15 is 0 Å². The van der Waals surface area contributed by atoms with Crippen molar-refractivity contribution in [3.8, 4) is 0 Å². The predicted molar refractivity (Wildman–Crippen MR) is 79.6 cm³/mol. The van der Waals surface area contributed by atoms with E-state index in [9.17, 15) is 9.59 Å². The number of aromatic nitrogens is 5. The average molecular weight is 303 g/mol. The van der Waals surface area contributed by atoms with Crippen molar-refractivity contribution in [1.29, 1.82) is 0 Å². The van der Waals surface area contributed by atoms with Gasteiger partial charge in [0.2, 0.25) is 4.96 Å². The van der Waals surface area contributed by atoms with E-state index in [-0.39, 0.29) is 11.3 Å². The van der Waals surface area contributed by atoms with Crippen LogP contribution >= 0.6 is 11.3 Å². The Morgan fingerprint density at radius 1 is 1.10 bits per heavy atom. The molecule has 0 aromatic carbocycles. The number of thiazole rings is 1. The van der Waals surface area contributed by atoms with Crippen LogP contribution in [0, 0.1) is 20.8 Å². The molecule has 3 aromatic rings. The minimum absolute atomic E-state index is 0.211. The zero-order valence-electron chi connectivity index (χ0n) is 12.0. The minimum atomic E-state index is -0.406. The second-order valence-electron chi connectivity index (χ2n) is 4.82. The third-order valence-corrected chi connectivity index (χ3v) is 4.34. The summed E-state index contributed by atoms with van der Waals surface area (Å²) in [6.07, 6.45) is 1.78. The number of rotatable bonds is 1. The van der Waals surface area contributed by atoms with Crippen LogP contribution in [-0.4, -0.2) is 24.4 Å². The van der Waals surface area contributed by atoms with Crippen LogP contribution < -0.4 is 15.7 Å². The molecule has 0 aliphatic rings. The summed E-state index contributed by atoms with van der Waals surface area (Å²) >= 11 is 1.15. The number of aryl methyl sites for hydroxylation is 3. The SMILES string of the molecule is Cc1nn(C)c(C)c1/C=c1\sc2nc(=O)c(C)nn2c1=O. The van der Waals surface area contributed by atoms with Crippen LogP contribution in [0.3, 0.4) is 0 Å². The second kappa shape index (κ2) is 4.59. The zero-order valence-corrected chi connectivity index (χ0v) is 12.9. The lowest BCUT2D eigenvalue weighted by atomic mass is 10.2. The monoisotopic (exact) mass is 303 g/mol. The van der Waals surface area contributed by atoms with Crippen molar-refractivity contribution < 1.29 is 0 Å². The lowest BCUT2D eigenvalue weighted by Crippen LogP contribution is -2.27. The van der Waals surface area contributed by atoms with Crippen molar-refractivity contribution in [2.24, 2.45) is 7.05 Å². The van der Waals surface area contributed by atoms with Gasteiger partial charge in [0.15, 0.2) is 0 Å². The van der Waals surface area contributed by atoms with Gasteiger partial charge in [-0.2, -0.15) is 19.7 Å². The normalized spacial score (nSPS) is 12.5. The third kappa shape index (κ3) is 2.07. The van der Waals surface area contributed by atoms with Gasteiger partial charge < -0.3 is 0 Å². The highest BCUT2D eigenvalue weighted by atomic mass is 32.1. The maximum atomic E-state index is 12.3. The quantitative estimate of drug-likeness (QED) is 0.617. The van der Waals surface area contributed by atoms with E-state index in [0.717, 1.165) is 28.3 Å². The Bertz CT molecular complexity index is 1030. The summed E-state index contributed by atoms with van der Waals surface area (Å²) in [5.41, 5.74) is 2.25. The van der Waals surface area contributed by atoms with Gasteiger partial charge in [0, 0.05) is 18.3 Å². The first-order valence-electron chi connectivity index (χ1n) is 6.31. The summed E-state index contributed by atoms with van der Waals surface area (Å²) < 4.78 is 3.43. The van der Waals surface area contributed by atoms with Crippen LogP contribution in [0.25, 0.3) is 11.0 Å². The second-order valence-corrected chi connectivity index (χ2v) is 5.83. The summed E-state index contributed by atoms with van der Waals surface area (Å²) in [5.74, 6) is 0. The smallest absolute Gasteiger partial charge is 0.272 e. The molecule has 3 heterocycles. The van der Waals surface area contributed by atoms with Gasteiger partial charge in [0.25, 0.3) is 11.1 Å². The Morgan fingerprint density at radius 2 is 1.81 bits per heavy atom. The first kappa shape index (κ1) is 13.6. The molecular weight excluding hydrogens is 290 g/mol. The van der Waals surface area contributed by atoms with E-state index in [1.807, 2.05) is 20.9 Å². The maximum Gasteiger partial charge on any atom is 0.295 e. The molecular formula is C13H13N5O2S. The molecule has 0 unspecified atom stereocenters. The van der Waals surface area contributed by atoms with Crippen molar-refractivity contribution in [3.63, 3.8) is 0 Å². The summed E-state index contributed by atoms with van der Waals surface area (Å²) in [5, 5.41) is 8.30.